The van der Waals surface area contributed by atoms with Gasteiger partial charge in [0.05, 0.1) is 11.5 Å². The molecule has 0 unspecified atom stereocenters. The highest BCUT2D eigenvalue weighted by Gasteiger charge is 2.11. The van der Waals surface area contributed by atoms with Crippen LogP contribution in [0.25, 0.3) is 11.1 Å². The van der Waals surface area contributed by atoms with Crippen LogP contribution in [-0.2, 0) is 9.84 Å². The van der Waals surface area contributed by atoms with Crippen LogP contribution in [-0.4, -0.2) is 31.2 Å². The maximum absolute atomic E-state index is 11.6. The number of benzene rings is 1. The molecule has 1 aromatic carbocycles. The second kappa shape index (κ2) is 7.75. The van der Waals surface area contributed by atoms with Crippen molar-refractivity contribution in [3.63, 3.8) is 0 Å². The van der Waals surface area contributed by atoms with Crippen LogP contribution >= 0.6 is 0 Å². The van der Waals surface area contributed by atoms with E-state index in [0.717, 1.165) is 16.8 Å². The number of nitrogens with one attached hydrogen (secondary N) is 1. The van der Waals surface area contributed by atoms with Crippen molar-refractivity contribution in [1.82, 2.24) is 9.97 Å². The van der Waals surface area contributed by atoms with E-state index in [2.05, 4.69) is 15.3 Å². The van der Waals surface area contributed by atoms with E-state index in [1.165, 1.54) is 6.26 Å². The molecule has 0 aliphatic rings. The number of anilines is 2. The highest BCUT2D eigenvalue weighted by Crippen LogP contribution is 2.31. The third-order valence-corrected chi connectivity index (χ3v) is 5.03. The van der Waals surface area contributed by atoms with Gasteiger partial charge in [0.15, 0.2) is 21.4 Å². The van der Waals surface area contributed by atoms with Crippen LogP contribution < -0.4 is 10.1 Å². The summed E-state index contributed by atoms with van der Waals surface area (Å²) in [5, 5.41) is 3.18. The van der Waals surface area contributed by atoms with Crippen LogP contribution in [0.2, 0.25) is 0 Å². The van der Waals surface area contributed by atoms with E-state index < -0.39 is 9.84 Å². The zero-order valence-electron chi connectivity index (χ0n) is 15.4. The Kier molecular flexibility index (Phi) is 5.41. The minimum absolute atomic E-state index is 0.285. The first-order valence-electron chi connectivity index (χ1n) is 8.51. The monoisotopic (exact) mass is 383 g/mol. The molecule has 0 saturated heterocycles. The molecule has 0 fully saturated rings. The molecule has 2 heterocycles. The van der Waals surface area contributed by atoms with E-state index in [0.29, 0.717) is 24.0 Å². The number of rotatable bonds is 6. The summed E-state index contributed by atoms with van der Waals surface area (Å²) in [5.74, 6) is 1.87. The number of aromatic nitrogens is 2. The molecule has 0 bridgehead atoms. The van der Waals surface area contributed by atoms with Crippen molar-refractivity contribution in [2.24, 2.45) is 0 Å². The van der Waals surface area contributed by atoms with Gasteiger partial charge in [-0.3, -0.25) is 0 Å². The van der Waals surface area contributed by atoms with E-state index in [-0.39, 0.29) is 4.90 Å². The van der Waals surface area contributed by atoms with Gasteiger partial charge in [0.25, 0.3) is 0 Å². The second-order valence-corrected chi connectivity index (χ2v) is 8.11. The van der Waals surface area contributed by atoms with Crippen molar-refractivity contribution in [3.05, 3.63) is 60.4 Å². The molecular formula is C20H21N3O3S. The number of sulfone groups is 1. The van der Waals surface area contributed by atoms with Crippen LogP contribution in [0.1, 0.15) is 12.6 Å². The standard InChI is InChI=1S/C20H21N3O3S/c1-4-26-18-12-16(15-8-10-17(11-9-15)27(3,24)25)13-21-20(18)23-19-7-5-6-14(2)22-19/h5-13H,4H2,1-3H3,(H,21,22,23). The minimum atomic E-state index is -3.22. The number of nitrogens with zero attached hydrogens (tertiary/aromatic N) is 2. The van der Waals surface area contributed by atoms with Crippen LogP contribution in [0.15, 0.2) is 59.6 Å². The average Bonchev–Trinajstić information content (AvgIpc) is 2.63. The Morgan fingerprint density at radius 1 is 1.07 bits per heavy atom. The molecule has 0 spiro atoms. The van der Waals surface area contributed by atoms with Gasteiger partial charge in [-0.2, -0.15) is 0 Å². The van der Waals surface area contributed by atoms with Crippen LogP contribution in [0.3, 0.4) is 0 Å². The van der Waals surface area contributed by atoms with E-state index >= 15 is 0 Å². The SMILES string of the molecule is CCOc1cc(-c2ccc(S(C)(=O)=O)cc2)cnc1Nc1cccc(C)n1. The van der Waals surface area contributed by atoms with Crippen molar-refractivity contribution in [2.75, 3.05) is 18.2 Å². The van der Waals surface area contributed by atoms with Gasteiger partial charge in [0.1, 0.15) is 5.82 Å². The molecule has 0 saturated carbocycles. The lowest BCUT2D eigenvalue weighted by Crippen LogP contribution is -2.02. The van der Waals surface area contributed by atoms with Crippen molar-refractivity contribution in [3.8, 4) is 16.9 Å². The molecule has 7 heteroatoms. The topological polar surface area (TPSA) is 81.2 Å². The van der Waals surface area contributed by atoms with Gasteiger partial charge in [-0.15, -0.1) is 0 Å². The molecule has 0 aliphatic carbocycles. The molecule has 0 aliphatic heterocycles. The predicted octanol–water partition coefficient (Wildman–Crippen LogP) is 4.00. The van der Waals surface area contributed by atoms with Gasteiger partial charge >= 0.3 is 0 Å². The van der Waals surface area contributed by atoms with E-state index in [1.807, 2.05) is 38.1 Å². The smallest absolute Gasteiger partial charge is 0.175 e. The Morgan fingerprint density at radius 3 is 2.44 bits per heavy atom. The van der Waals surface area contributed by atoms with Crippen molar-refractivity contribution in [1.29, 1.82) is 0 Å². The van der Waals surface area contributed by atoms with Gasteiger partial charge in [0.2, 0.25) is 0 Å². The Hall–Kier alpha value is -2.93. The van der Waals surface area contributed by atoms with Gasteiger partial charge in [-0.1, -0.05) is 18.2 Å². The van der Waals surface area contributed by atoms with Crippen molar-refractivity contribution in [2.45, 2.75) is 18.7 Å². The number of hydrogen-bond donors (Lipinski definition) is 1. The maximum Gasteiger partial charge on any atom is 0.175 e. The summed E-state index contributed by atoms with van der Waals surface area (Å²) in [4.78, 5) is 9.18. The van der Waals surface area contributed by atoms with Gasteiger partial charge in [0, 0.05) is 23.7 Å². The molecule has 0 atom stereocenters. The molecule has 140 valence electrons. The lowest BCUT2D eigenvalue weighted by Gasteiger charge is -2.13. The fraction of sp³-hybridized carbons (Fsp3) is 0.200. The highest BCUT2D eigenvalue weighted by molar-refractivity contribution is 7.90. The summed E-state index contributed by atoms with van der Waals surface area (Å²) in [6.07, 6.45) is 2.91. The molecule has 3 aromatic rings. The van der Waals surface area contributed by atoms with E-state index in [1.54, 1.807) is 30.5 Å². The minimum Gasteiger partial charge on any atom is -0.490 e. The summed E-state index contributed by atoms with van der Waals surface area (Å²) in [6, 6.07) is 14.3. The van der Waals surface area contributed by atoms with Crippen LogP contribution in [0, 0.1) is 6.92 Å². The number of pyridine rings is 2. The number of ether oxygens (including phenoxy) is 1. The van der Waals surface area contributed by atoms with Gasteiger partial charge < -0.3 is 10.1 Å². The lowest BCUT2D eigenvalue weighted by atomic mass is 10.1. The summed E-state index contributed by atoms with van der Waals surface area (Å²) in [7, 11) is -3.22. The predicted molar refractivity (Wildman–Crippen MR) is 106 cm³/mol. The molecule has 27 heavy (non-hydrogen) atoms. The van der Waals surface area contributed by atoms with Gasteiger partial charge in [-0.25, -0.2) is 18.4 Å². The van der Waals surface area contributed by atoms with Crippen molar-refractivity contribution < 1.29 is 13.2 Å². The van der Waals surface area contributed by atoms with Crippen molar-refractivity contribution >= 4 is 21.5 Å². The zero-order valence-corrected chi connectivity index (χ0v) is 16.2. The third kappa shape index (κ3) is 4.62. The normalized spacial score (nSPS) is 11.2. The second-order valence-electron chi connectivity index (χ2n) is 6.09. The van der Waals surface area contributed by atoms with Crippen LogP contribution in [0.5, 0.6) is 5.75 Å². The largest absolute Gasteiger partial charge is 0.490 e. The van der Waals surface area contributed by atoms with E-state index in [9.17, 15) is 8.42 Å². The quantitative estimate of drug-likeness (QED) is 0.693. The molecule has 0 radical (unpaired) electrons. The third-order valence-electron chi connectivity index (χ3n) is 3.90. The molecule has 2 aromatic heterocycles. The lowest BCUT2D eigenvalue weighted by molar-refractivity contribution is 0.341. The first kappa shape index (κ1) is 18.8. The molecule has 6 nitrogen and oxygen atoms in total. The molecule has 3 rings (SSSR count). The summed E-state index contributed by atoms with van der Waals surface area (Å²) >= 11 is 0. The highest BCUT2D eigenvalue weighted by atomic mass is 32.2. The molecule has 0 amide bonds. The first-order valence-corrected chi connectivity index (χ1v) is 10.4. The number of aryl methyl sites for hydroxylation is 1. The Balaban J connectivity index is 1.93. The first-order chi connectivity index (χ1) is 12.9. The number of hydrogen-bond acceptors (Lipinski definition) is 6. The fourth-order valence-electron chi connectivity index (χ4n) is 2.59. The van der Waals surface area contributed by atoms with Gasteiger partial charge in [-0.05, 0) is 49.7 Å². The average molecular weight is 383 g/mol. The summed E-state index contributed by atoms with van der Waals surface area (Å²) < 4.78 is 29.0. The Labute approximate surface area is 159 Å². The van der Waals surface area contributed by atoms with E-state index in [4.69, 9.17) is 4.74 Å². The maximum atomic E-state index is 11.6. The van der Waals surface area contributed by atoms with Crippen LogP contribution in [0.4, 0.5) is 11.6 Å². The zero-order chi connectivity index (χ0) is 19.4. The Bertz CT molecular complexity index is 1050. The molecule has 1 N–H and O–H groups in total. The Morgan fingerprint density at radius 2 is 1.81 bits per heavy atom. The summed E-state index contributed by atoms with van der Waals surface area (Å²) in [6.45, 7) is 4.32. The molecular weight excluding hydrogens is 362 g/mol. The fourth-order valence-corrected chi connectivity index (χ4v) is 3.22. The summed E-state index contributed by atoms with van der Waals surface area (Å²) in [5.41, 5.74) is 2.60.